The Morgan fingerprint density at radius 3 is 2.06 bits per heavy atom. The van der Waals surface area contributed by atoms with Crippen LogP contribution in [0.25, 0.3) is 0 Å². The molecule has 94 valence electrons. The maximum Gasteiger partial charge on any atom is 0.324 e. The molecule has 1 aliphatic carbocycles. The van der Waals surface area contributed by atoms with Crippen molar-refractivity contribution in [3.8, 4) is 0 Å². The van der Waals surface area contributed by atoms with Crippen LogP contribution in [0.5, 0.6) is 0 Å². The zero-order valence-electron chi connectivity index (χ0n) is 8.63. The van der Waals surface area contributed by atoms with Gasteiger partial charge in [-0.2, -0.15) is 4.72 Å². The maximum atomic E-state index is 11.4. The summed E-state index contributed by atoms with van der Waals surface area (Å²) >= 11 is 0. The zero-order chi connectivity index (χ0) is 12.6. The molecule has 0 aromatic rings. The van der Waals surface area contributed by atoms with E-state index in [2.05, 4.69) is 0 Å². The third-order valence-corrected chi connectivity index (χ3v) is 5.99. The van der Waals surface area contributed by atoms with Crippen LogP contribution in [0.2, 0.25) is 0 Å². The minimum Gasteiger partial charge on any atom is -0.480 e. The second-order valence-electron chi connectivity index (χ2n) is 4.00. The Balaban J connectivity index is 2.84. The third-order valence-electron chi connectivity index (χ3n) is 2.34. The molecule has 0 aromatic carbocycles. The van der Waals surface area contributed by atoms with Crippen molar-refractivity contribution in [3.63, 3.8) is 0 Å². The van der Waals surface area contributed by atoms with Crippen LogP contribution >= 0.6 is 0 Å². The van der Waals surface area contributed by atoms with E-state index in [-0.39, 0.29) is 12.8 Å². The Hall–Kier alpha value is -0.670. The van der Waals surface area contributed by atoms with Crippen molar-refractivity contribution in [1.82, 2.24) is 4.72 Å². The number of sulfonamides is 1. The fraction of sp³-hybridized carbons (Fsp3) is 0.857. The molecule has 0 saturated heterocycles. The van der Waals surface area contributed by atoms with Crippen LogP contribution in [-0.2, 0) is 24.7 Å². The number of aliphatic carboxylic acids is 1. The van der Waals surface area contributed by atoms with Gasteiger partial charge in [-0.3, -0.25) is 4.79 Å². The van der Waals surface area contributed by atoms with Gasteiger partial charge < -0.3 is 5.11 Å². The second kappa shape index (κ2) is 3.97. The predicted octanol–water partition coefficient (Wildman–Crippen LogP) is -1.08. The molecule has 1 saturated carbocycles. The van der Waals surface area contributed by atoms with Crippen molar-refractivity contribution in [3.05, 3.63) is 0 Å². The number of hydrogen-bond acceptors (Lipinski definition) is 5. The molecule has 0 heterocycles. The molecule has 0 radical (unpaired) electrons. The fourth-order valence-electron chi connectivity index (χ4n) is 1.50. The molecular formula is C7H13NO6S2. The van der Waals surface area contributed by atoms with Crippen LogP contribution < -0.4 is 4.72 Å². The fourth-order valence-corrected chi connectivity index (χ4v) is 4.88. The number of carboxylic acid groups (broad SMARTS) is 1. The quantitative estimate of drug-likeness (QED) is 0.656. The minimum absolute atomic E-state index is 0.186. The smallest absolute Gasteiger partial charge is 0.324 e. The Morgan fingerprint density at radius 1 is 1.31 bits per heavy atom. The molecule has 0 unspecified atom stereocenters. The molecule has 0 spiro atoms. The van der Waals surface area contributed by atoms with Gasteiger partial charge in [-0.05, 0) is 19.3 Å². The Labute approximate surface area is 93.8 Å². The summed E-state index contributed by atoms with van der Waals surface area (Å²) in [6.45, 7) is 0. The van der Waals surface area contributed by atoms with E-state index in [1.165, 1.54) is 0 Å². The standard InChI is InChI=1S/C7H13NO6S2/c1-15(11,12)5-16(13,14)8-7(6(9)10)3-2-4-7/h8H,2-5H2,1H3,(H,9,10). The number of rotatable bonds is 5. The summed E-state index contributed by atoms with van der Waals surface area (Å²) in [5, 5.41) is 7.78. The van der Waals surface area contributed by atoms with Crippen molar-refractivity contribution in [1.29, 1.82) is 0 Å². The van der Waals surface area contributed by atoms with Crippen LogP contribution in [0.3, 0.4) is 0 Å². The lowest BCUT2D eigenvalue weighted by atomic mass is 9.78. The van der Waals surface area contributed by atoms with E-state index in [0.29, 0.717) is 6.42 Å². The number of nitrogens with one attached hydrogen (secondary N) is 1. The van der Waals surface area contributed by atoms with E-state index in [1.807, 2.05) is 4.72 Å². The van der Waals surface area contributed by atoms with Crippen molar-refractivity contribution in [2.24, 2.45) is 0 Å². The van der Waals surface area contributed by atoms with Crippen LogP contribution in [0, 0.1) is 0 Å². The van der Waals surface area contributed by atoms with E-state index in [4.69, 9.17) is 5.11 Å². The van der Waals surface area contributed by atoms with Gasteiger partial charge in [0.15, 0.2) is 14.9 Å². The Morgan fingerprint density at radius 2 is 1.81 bits per heavy atom. The zero-order valence-corrected chi connectivity index (χ0v) is 10.3. The molecule has 0 bridgehead atoms. The van der Waals surface area contributed by atoms with Gasteiger partial charge in [0.1, 0.15) is 5.54 Å². The number of sulfone groups is 1. The highest BCUT2D eigenvalue weighted by Gasteiger charge is 2.47. The van der Waals surface area contributed by atoms with Gasteiger partial charge in [0.05, 0.1) is 0 Å². The summed E-state index contributed by atoms with van der Waals surface area (Å²) in [5.74, 6) is -1.27. The summed E-state index contributed by atoms with van der Waals surface area (Å²) in [6.07, 6.45) is 1.75. The summed E-state index contributed by atoms with van der Waals surface area (Å²) < 4.78 is 46.5. The second-order valence-corrected chi connectivity index (χ2v) is 8.23. The van der Waals surface area contributed by atoms with Crippen LogP contribution in [-0.4, -0.2) is 44.8 Å². The van der Waals surface area contributed by atoms with Crippen molar-refractivity contribution >= 4 is 25.8 Å². The molecule has 1 aliphatic rings. The highest BCUT2D eigenvalue weighted by Crippen LogP contribution is 2.32. The molecule has 16 heavy (non-hydrogen) atoms. The van der Waals surface area contributed by atoms with Crippen molar-refractivity contribution in [2.75, 3.05) is 11.3 Å². The normalized spacial score (nSPS) is 20.1. The van der Waals surface area contributed by atoms with Crippen LogP contribution in [0.15, 0.2) is 0 Å². The predicted molar refractivity (Wildman–Crippen MR) is 56.0 cm³/mol. The lowest BCUT2D eigenvalue weighted by Gasteiger charge is -2.37. The van der Waals surface area contributed by atoms with Gasteiger partial charge in [0.2, 0.25) is 10.0 Å². The molecular weight excluding hydrogens is 258 g/mol. The first kappa shape index (κ1) is 13.4. The van der Waals surface area contributed by atoms with Gasteiger partial charge in [-0.25, -0.2) is 16.8 Å². The van der Waals surface area contributed by atoms with Crippen molar-refractivity contribution in [2.45, 2.75) is 24.8 Å². The number of carbonyl (C=O) groups is 1. The van der Waals surface area contributed by atoms with E-state index in [9.17, 15) is 21.6 Å². The molecule has 2 N–H and O–H groups in total. The first-order valence-corrected chi connectivity index (χ1v) is 8.20. The van der Waals surface area contributed by atoms with E-state index in [1.54, 1.807) is 0 Å². The van der Waals surface area contributed by atoms with Crippen LogP contribution in [0.1, 0.15) is 19.3 Å². The first-order chi connectivity index (χ1) is 7.06. The maximum absolute atomic E-state index is 11.4. The lowest BCUT2D eigenvalue weighted by Crippen LogP contribution is -2.59. The minimum atomic E-state index is -4.12. The number of carboxylic acids is 1. The first-order valence-electron chi connectivity index (χ1n) is 4.49. The van der Waals surface area contributed by atoms with Gasteiger partial charge in [0, 0.05) is 6.26 Å². The monoisotopic (exact) mass is 271 g/mol. The molecule has 0 aromatic heterocycles. The largest absolute Gasteiger partial charge is 0.480 e. The molecule has 0 amide bonds. The van der Waals surface area contributed by atoms with Gasteiger partial charge in [-0.15, -0.1) is 0 Å². The summed E-state index contributed by atoms with van der Waals surface area (Å²) in [5.41, 5.74) is -1.51. The molecule has 1 fully saturated rings. The highest BCUT2D eigenvalue weighted by molar-refractivity contribution is 8.06. The SMILES string of the molecule is CS(=O)(=O)CS(=O)(=O)NC1(C(=O)O)CCC1. The molecule has 0 atom stereocenters. The third kappa shape index (κ3) is 3.16. The Kier molecular flexibility index (Phi) is 3.32. The van der Waals surface area contributed by atoms with Gasteiger partial charge >= 0.3 is 5.97 Å². The van der Waals surface area contributed by atoms with Crippen LogP contribution in [0.4, 0.5) is 0 Å². The molecule has 7 nitrogen and oxygen atoms in total. The molecule has 9 heteroatoms. The van der Waals surface area contributed by atoms with Gasteiger partial charge in [0.25, 0.3) is 0 Å². The highest BCUT2D eigenvalue weighted by atomic mass is 32.3. The summed E-state index contributed by atoms with van der Waals surface area (Å²) in [4.78, 5) is 10.9. The summed E-state index contributed by atoms with van der Waals surface area (Å²) in [6, 6.07) is 0. The molecule has 1 rings (SSSR count). The number of hydrogen-bond donors (Lipinski definition) is 2. The molecule has 0 aliphatic heterocycles. The van der Waals surface area contributed by atoms with E-state index < -0.39 is 36.5 Å². The average Bonchev–Trinajstić information content (AvgIpc) is 1.90. The van der Waals surface area contributed by atoms with E-state index in [0.717, 1.165) is 6.26 Å². The Bertz CT molecular complexity index is 487. The van der Waals surface area contributed by atoms with Crippen molar-refractivity contribution < 1.29 is 26.7 Å². The topological polar surface area (TPSA) is 118 Å². The van der Waals surface area contributed by atoms with E-state index >= 15 is 0 Å². The van der Waals surface area contributed by atoms with Gasteiger partial charge in [-0.1, -0.05) is 0 Å². The average molecular weight is 271 g/mol. The lowest BCUT2D eigenvalue weighted by molar-refractivity contribution is -0.147. The summed E-state index contributed by atoms with van der Waals surface area (Å²) in [7, 11) is -7.83.